The van der Waals surface area contributed by atoms with Crippen molar-refractivity contribution < 1.29 is 47.6 Å². The summed E-state index contributed by atoms with van der Waals surface area (Å²) in [5, 5.41) is 10.2. The van der Waals surface area contributed by atoms with E-state index in [2.05, 4.69) is 0 Å². The first kappa shape index (κ1) is 13.5. The largest absolute Gasteiger partial charge is 1.00 e. The molecule has 0 atom stereocenters. The summed E-state index contributed by atoms with van der Waals surface area (Å²) < 4.78 is 31.0. The van der Waals surface area contributed by atoms with Gasteiger partial charge < -0.3 is 5.11 Å². The quantitative estimate of drug-likeness (QED) is 0.490. The molecule has 78 valence electrons. The monoisotopic (exact) mass is 247 g/mol. The fraction of sp³-hybridized carbons (Fsp3) is 0. The third-order valence-corrected chi connectivity index (χ3v) is 3.05. The predicted octanol–water partition coefficient (Wildman–Crippen LogP) is -1.20. The standard InChI is InChI=1S/C10H8O4S.Na/c11-9-5-1-4-8-7(9)3-2-6-10(8)15(12,13)14;/h1-6,11H,(H,12,13,14);/q;+1. The Morgan fingerprint density at radius 3 is 2.12 bits per heavy atom. The Morgan fingerprint density at radius 1 is 0.938 bits per heavy atom. The van der Waals surface area contributed by atoms with E-state index < -0.39 is 10.1 Å². The van der Waals surface area contributed by atoms with Crippen molar-refractivity contribution in [1.82, 2.24) is 0 Å². The van der Waals surface area contributed by atoms with Gasteiger partial charge in [-0.25, -0.2) is 0 Å². The zero-order chi connectivity index (χ0) is 11.1. The summed E-state index contributed by atoms with van der Waals surface area (Å²) in [7, 11) is -4.26. The van der Waals surface area contributed by atoms with Crippen LogP contribution in [0, 0.1) is 0 Å². The van der Waals surface area contributed by atoms with Crippen LogP contribution in [0.25, 0.3) is 10.8 Å². The molecule has 2 rings (SSSR count). The van der Waals surface area contributed by atoms with Gasteiger partial charge in [0, 0.05) is 10.8 Å². The summed E-state index contributed by atoms with van der Waals surface area (Å²) >= 11 is 0. The molecule has 0 radical (unpaired) electrons. The van der Waals surface area contributed by atoms with Crippen LogP contribution in [0.2, 0.25) is 0 Å². The Hall–Kier alpha value is -0.590. The summed E-state index contributed by atoms with van der Waals surface area (Å²) in [6.45, 7) is 0. The zero-order valence-electron chi connectivity index (χ0n) is 8.58. The van der Waals surface area contributed by atoms with E-state index in [1.54, 1.807) is 6.07 Å². The first-order valence-electron chi connectivity index (χ1n) is 4.18. The number of phenolic OH excluding ortho intramolecular Hbond substituents is 1. The molecular formula is C10H8NaO4S+. The number of fused-ring (bicyclic) bond motifs is 1. The minimum atomic E-state index is -4.26. The molecule has 0 bridgehead atoms. The van der Waals surface area contributed by atoms with Gasteiger partial charge in [-0.1, -0.05) is 24.3 Å². The van der Waals surface area contributed by atoms with Crippen molar-refractivity contribution in [2.24, 2.45) is 0 Å². The number of benzene rings is 2. The number of hydrogen-bond acceptors (Lipinski definition) is 3. The van der Waals surface area contributed by atoms with E-state index in [1.165, 1.54) is 30.3 Å². The predicted molar refractivity (Wildman–Crippen MR) is 55.4 cm³/mol. The van der Waals surface area contributed by atoms with Gasteiger partial charge >= 0.3 is 29.6 Å². The van der Waals surface area contributed by atoms with E-state index in [0.29, 0.717) is 10.8 Å². The van der Waals surface area contributed by atoms with Gasteiger partial charge in [0.1, 0.15) is 10.6 Å². The molecule has 2 aromatic rings. The van der Waals surface area contributed by atoms with Crippen LogP contribution in [-0.4, -0.2) is 18.1 Å². The average molecular weight is 247 g/mol. The number of hydrogen-bond donors (Lipinski definition) is 2. The molecule has 2 aromatic carbocycles. The van der Waals surface area contributed by atoms with Gasteiger partial charge in [0.25, 0.3) is 10.1 Å². The molecule has 0 unspecified atom stereocenters. The molecule has 0 spiro atoms. The average Bonchev–Trinajstić information content (AvgIpc) is 2.16. The fourth-order valence-electron chi connectivity index (χ4n) is 1.49. The zero-order valence-corrected chi connectivity index (χ0v) is 11.4. The first-order valence-corrected chi connectivity index (χ1v) is 5.62. The second-order valence-corrected chi connectivity index (χ2v) is 4.49. The van der Waals surface area contributed by atoms with Crippen LogP contribution in [0.15, 0.2) is 41.3 Å². The third kappa shape index (κ3) is 2.39. The van der Waals surface area contributed by atoms with Crippen molar-refractivity contribution >= 4 is 20.9 Å². The van der Waals surface area contributed by atoms with E-state index >= 15 is 0 Å². The molecule has 0 amide bonds. The van der Waals surface area contributed by atoms with Gasteiger partial charge in [0.2, 0.25) is 0 Å². The van der Waals surface area contributed by atoms with E-state index in [9.17, 15) is 13.5 Å². The van der Waals surface area contributed by atoms with E-state index in [-0.39, 0.29) is 40.2 Å². The van der Waals surface area contributed by atoms with Crippen molar-refractivity contribution in [2.45, 2.75) is 4.90 Å². The van der Waals surface area contributed by atoms with Crippen LogP contribution in [0.3, 0.4) is 0 Å². The summed E-state index contributed by atoms with van der Waals surface area (Å²) in [5.74, 6) is -0.0157. The molecule has 0 heterocycles. The molecule has 0 aliphatic carbocycles. The molecule has 0 saturated carbocycles. The molecule has 4 nitrogen and oxygen atoms in total. The SMILES string of the molecule is O=S(=O)(O)c1cccc2c(O)cccc12.[Na+]. The summed E-state index contributed by atoms with van der Waals surface area (Å²) in [4.78, 5) is -0.198. The Labute approximate surface area is 115 Å². The second-order valence-electron chi connectivity index (χ2n) is 3.10. The molecule has 16 heavy (non-hydrogen) atoms. The maximum atomic E-state index is 11.0. The van der Waals surface area contributed by atoms with Crippen LogP contribution >= 0.6 is 0 Å². The molecule has 0 aromatic heterocycles. The van der Waals surface area contributed by atoms with E-state index in [0.717, 1.165) is 0 Å². The van der Waals surface area contributed by atoms with Crippen molar-refractivity contribution in [3.8, 4) is 5.75 Å². The number of aromatic hydroxyl groups is 1. The van der Waals surface area contributed by atoms with Crippen LogP contribution in [0.4, 0.5) is 0 Å². The Balaban J connectivity index is 0.00000128. The van der Waals surface area contributed by atoms with Gasteiger partial charge in [0.15, 0.2) is 0 Å². The second kappa shape index (κ2) is 4.73. The van der Waals surface area contributed by atoms with Gasteiger partial charge in [-0.3, -0.25) is 4.55 Å². The van der Waals surface area contributed by atoms with Crippen molar-refractivity contribution in [3.05, 3.63) is 36.4 Å². The molecule has 0 aliphatic rings. The van der Waals surface area contributed by atoms with Crippen molar-refractivity contribution in [3.63, 3.8) is 0 Å². The normalized spacial score (nSPS) is 11.1. The molecule has 0 fully saturated rings. The van der Waals surface area contributed by atoms with Crippen molar-refractivity contribution in [1.29, 1.82) is 0 Å². The Kier molecular flexibility index (Phi) is 3.98. The van der Waals surface area contributed by atoms with E-state index in [4.69, 9.17) is 4.55 Å². The van der Waals surface area contributed by atoms with Crippen LogP contribution < -0.4 is 29.6 Å². The van der Waals surface area contributed by atoms with Crippen LogP contribution in [-0.2, 0) is 10.1 Å². The first-order chi connectivity index (χ1) is 7.00. The fourth-order valence-corrected chi connectivity index (χ4v) is 2.20. The van der Waals surface area contributed by atoms with Gasteiger partial charge in [0.05, 0.1) is 0 Å². The topological polar surface area (TPSA) is 74.6 Å². The summed E-state index contributed by atoms with van der Waals surface area (Å²) in [6.07, 6.45) is 0. The molecule has 0 saturated heterocycles. The summed E-state index contributed by atoms with van der Waals surface area (Å²) in [5.41, 5.74) is 0. The van der Waals surface area contributed by atoms with Gasteiger partial charge in [-0.2, -0.15) is 8.42 Å². The minimum absolute atomic E-state index is 0. The maximum Gasteiger partial charge on any atom is 1.00 e. The summed E-state index contributed by atoms with van der Waals surface area (Å²) in [6, 6.07) is 8.84. The smallest absolute Gasteiger partial charge is 0.507 e. The maximum absolute atomic E-state index is 11.0. The molecule has 0 aliphatic heterocycles. The van der Waals surface area contributed by atoms with Crippen LogP contribution in [0.5, 0.6) is 5.75 Å². The van der Waals surface area contributed by atoms with Gasteiger partial charge in [-0.15, -0.1) is 0 Å². The number of rotatable bonds is 1. The van der Waals surface area contributed by atoms with Gasteiger partial charge in [-0.05, 0) is 12.1 Å². The Morgan fingerprint density at radius 2 is 1.50 bits per heavy atom. The minimum Gasteiger partial charge on any atom is -0.507 e. The molecule has 6 heteroatoms. The Bertz CT molecular complexity index is 622. The number of phenols is 1. The molecular weight excluding hydrogens is 239 g/mol. The third-order valence-electron chi connectivity index (χ3n) is 2.14. The van der Waals surface area contributed by atoms with Crippen molar-refractivity contribution in [2.75, 3.05) is 0 Å². The molecule has 2 N–H and O–H groups in total. The van der Waals surface area contributed by atoms with Crippen LogP contribution in [0.1, 0.15) is 0 Å². The van der Waals surface area contributed by atoms with E-state index in [1.807, 2.05) is 0 Å².